The maximum Gasteiger partial charge on any atom is 0.420 e. The standard InChI is InChI=1S/C36H35FN4O8S2/c1-21(27-9-7-8-22-10-12-24(16-28(22)27)39-34(42)49-36(2,3)4)41-32-29(37)18-26(19-31(32)48-35(41)43)51(44,45)40(33-38-14-15-50-33)20-23-11-13-25(46-5)17-30(23)47-6/h7-19,21H,20H2,1-6H3,(H,39,42)/t21-/m0/s1. The second-order valence-corrected chi connectivity index (χ2v) is 15.3. The number of hydrogen-bond donors (Lipinski definition) is 1. The number of carbonyl (C=O) groups is 1. The molecular weight excluding hydrogens is 700 g/mol. The third kappa shape index (κ3) is 7.12. The van der Waals surface area contributed by atoms with Crippen LogP contribution in [0.2, 0.25) is 0 Å². The summed E-state index contributed by atoms with van der Waals surface area (Å²) >= 11 is 1.08. The fourth-order valence-corrected chi connectivity index (χ4v) is 8.05. The zero-order chi connectivity index (χ0) is 36.7. The Kier molecular flexibility index (Phi) is 9.53. The Morgan fingerprint density at radius 1 is 1.08 bits per heavy atom. The number of oxazole rings is 1. The van der Waals surface area contributed by atoms with E-state index in [2.05, 4.69) is 10.3 Å². The minimum Gasteiger partial charge on any atom is -0.497 e. The zero-order valence-corrected chi connectivity index (χ0v) is 30.2. The number of halogens is 1. The number of hydrogen-bond acceptors (Lipinski definition) is 10. The lowest BCUT2D eigenvalue weighted by Gasteiger charge is -2.23. The molecule has 15 heteroatoms. The maximum atomic E-state index is 16.2. The highest BCUT2D eigenvalue weighted by Crippen LogP contribution is 2.35. The van der Waals surface area contributed by atoms with Crippen LogP contribution in [0.25, 0.3) is 21.9 Å². The van der Waals surface area contributed by atoms with Crippen molar-refractivity contribution in [3.8, 4) is 11.5 Å². The fourth-order valence-electron chi connectivity index (χ4n) is 5.76. The van der Waals surface area contributed by atoms with Crippen LogP contribution in [0, 0.1) is 5.82 Å². The maximum absolute atomic E-state index is 16.2. The van der Waals surface area contributed by atoms with Gasteiger partial charge < -0.3 is 18.6 Å². The molecule has 0 aliphatic heterocycles. The van der Waals surface area contributed by atoms with E-state index in [-0.39, 0.29) is 22.8 Å². The molecule has 6 rings (SSSR count). The molecule has 4 aromatic carbocycles. The molecular formula is C36H35FN4O8S2. The normalized spacial score (nSPS) is 12.5. The van der Waals surface area contributed by atoms with E-state index >= 15 is 4.39 Å². The lowest BCUT2D eigenvalue weighted by molar-refractivity contribution is 0.0636. The summed E-state index contributed by atoms with van der Waals surface area (Å²) in [5, 5.41) is 5.97. The Hall–Kier alpha value is -5.41. The molecule has 0 spiro atoms. The van der Waals surface area contributed by atoms with E-state index in [1.807, 2.05) is 12.1 Å². The van der Waals surface area contributed by atoms with Gasteiger partial charge in [0.25, 0.3) is 10.0 Å². The van der Waals surface area contributed by atoms with Gasteiger partial charge in [-0.2, -0.15) is 0 Å². The first-order valence-electron chi connectivity index (χ1n) is 15.7. The second-order valence-electron chi connectivity index (χ2n) is 12.6. The van der Waals surface area contributed by atoms with Crippen molar-refractivity contribution in [2.24, 2.45) is 0 Å². The molecule has 0 fully saturated rings. The van der Waals surface area contributed by atoms with E-state index in [4.69, 9.17) is 18.6 Å². The number of aromatic nitrogens is 2. The molecule has 0 saturated carbocycles. The van der Waals surface area contributed by atoms with Gasteiger partial charge in [0.05, 0.1) is 31.7 Å². The first-order valence-corrected chi connectivity index (χ1v) is 18.0. The van der Waals surface area contributed by atoms with Crippen LogP contribution in [-0.4, -0.2) is 43.9 Å². The van der Waals surface area contributed by atoms with Gasteiger partial charge in [0.2, 0.25) is 0 Å². The van der Waals surface area contributed by atoms with Crippen molar-refractivity contribution in [3.63, 3.8) is 0 Å². The highest BCUT2D eigenvalue weighted by Gasteiger charge is 2.31. The van der Waals surface area contributed by atoms with Crippen molar-refractivity contribution < 1.29 is 36.2 Å². The number of thiazole rings is 1. The van der Waals surface area contributed by atoms with Crippen molar-refractivity contribution in [1.29, 1.82) is 0 Å². The van der Waals surface area contributed by atoms with E-state index in [0.29, 0.717) is 33.7 Å². The number of benzene rings is 4. The molecule has 0 aliphatic rings. The van der Waals surface area contributed by atoms with Crippen LogP contribution in [0.5, 0.6) is 11.5 Å². The Morgan fingerprint density at radius 3 is 2.55 bits per heavy atom. The van der Waals surface area contributed by atoms with Crippen LogP contribution in [0.4, 0.5) is 20.0 Å². The quantitative estimate of drug-likeness (QED) is 0.150. The van der Waals surface area contributed by atoms with E-state index in [9.17, 15) is 18.0 Å². The molecule has 2 aromatic heterocycles. The zero-order valence-electron chi connectivity index (χ0n) is 28.6. The topological polar surface area (TPSA) is 142 Å². The van der Waals surface area contributed by atoms with Gasteiger partial charge in [-0.05, 0) is 74.4 Å². The minimum atomic E-state index is -4.47. The molecule has 2 heterocycles. The highest BCUT2D eigenvalue weighted by molar-refractivity contribution is 7.93. The van der Waals surface area contributed by atoms with Gasteiger partial charge in [-0.25, -0.2) is 31.7 Å². The predicted molar refractivity (Wildman–Crippen MR) is 193 cm³/mol. The first-order chi connectivity index (χ1) is 24.2. The summed E-state index contributed by atoms with van der Waals surface area (Å²) in [6, 6.07) is 16.9. The van der Waals surface area contributed by atoms with Crippen molar-refractivity contribution in [1.82, 2.24) is 9.55 Å². The second kappa shape index (κ2) is 13.7. The number of nitrogens with one attached hydrogen (secondary N) is 1. The summed E-state index contributed by atoms with van der Waals surface area (Å²) in [6.45, 7) is 6.78. The monoisotopic (exact) mass is 734 g/mol. The summed E-state index contributed by atoms with van der Waals surface area (Å²) in [5.74, 6) is -0.962. The molecule has 12 nitrogen and oxygen atoms in total. The van der Waals surface area contributed by atoms with E-state index < -0.39 is 44.2 Å². The van der Waals surface area contributed by atoms with Crippen LogP contribution < -0.4 is 24.9 Å². The predicted octanol–water partition coefficient (Wildman–Crippen LogP) is 7.71. The molecule has 0 saturated heterocycles. The number of methoxy groups -OCH3 is 2. The molecule has 266 valence electrons. The lowest BCUT2D eigenvalue weighted by atomic mass is 9.98. The van der Waals surface area contributed by atoms with Crippen LogP contribution in [-0.2, 0) is 21.3 Å². The summed E-state index contributed by atoms with van der Waals surface area (Å²) in [5.41, 5.74) is 0.438. The summed E-state index contributed by atoms with van der Waals surface area (Å²) in [7, 11) is -1.51. The van der Waals surface area contributed by atoms with Gasteiger partial charge >= 0.3 is 11.8 Å². The SMILES string of the molecule is COc1ccc(CN(c2nccs2)S(=O)(=O)c2cc(F)c3c(c2)oc(=O)n3[C@@H](C)c2cccc3ccc(NC(=O)OC(C)(C)C)cc23)c(OC)c1. The number of sulfonamides is 1. The van der Waals surface area contributed by atoms with Gasteiger partial charge in [0.15, 0.2) is 16.5 Å². The summed E-state index contributed by atoms with van der Waals surface area (Å²) < 4.78 is 68.5. The van der Waals surface area contributed by atoms with Gasteiger partial charge in [0.1, 0.15) is 22.6 Å². The van der Waals surface area contributed by atoms with E-state index in [0.717, 1.165) is 37.7 Å². The molecule has 0 bridgehead atoms. The number of anilines is 2. The average Bonchev–Trinajstić information content (AvgIpc) is 3.73. The minimum absolute atomic E-state index is 0.137. The molecule has 0 unspecified atom stereocenters. The Morgan fingerprint density at radius 2 is 1.86 bits per heavy atom. The molecule has 1 atom stereocenters. The molecule has 1 N–H and O–H groups in total. The Labute approximate surface area is 297 Å². The fraction of sp³-hybridized carbons (Fsp3) is 0.250. The van der Waals surface area contributed by atoms with Crippen molar-refractivity contribution >= 4 is 60.1 Å². The van der Waals surface area contributed by atoms with Crippen LogP contribution in [0.15, 0.2) is 92.4 Å². The van der Waals surface area contributed by atoms with Crippen molar-refractivity contribution in [2.75, 3.05) is 23.8 Å². The number of carbonyl (C=O) groups excluding carboxylic acids is 1. The van der Waals surface area contributed by atoms with Gasteiger partial charge in [-0.3, -0.25) is 9.88 Å². The van der Waals surface area contributed by atoms with Crippen LogP contribution in [0.3, 0.4) is 0 Å². The number of ether oxygens (including phenoxy) is 3. The Balaban J connectivity index is 1.39. The smallest absolute Gasteiger partial charge is 0.420 e. The molecule has 0 aliphatic carbocycles. The van der Waals surface area contributed by atoms with E-state index in [1.54, 1.807) is 75.5 Å². The number of fused-ring (bicyclic) bond motifs is 2. The van der Waals surface area contributed by atoms with Crippen LogP contribution >= 0.6 is 11.3 Å². The summed E-state index contributed by atoms with van der Waals surface area (Å²) in [6.07, 6.45) is 0.830. The molecule has 6 aromatic rings. The lowest BCUT2D eigenvalue weighted by Crippen LogP contribution is -2.30. The average molecular weight is 735 g/mol. The van der Waals surface area contributed by atoms with Gasteiger partial charge in [-0.15, -0.1) is 11.3 Å². The number of amides is 1. The van der Waals surface area contributed by atoms with Gasteiger partial charge in [-0.1, -0.05) is 24.3 Å². The van der Waals surface area contributed by atoms with Crippen LogP contribution in [0.1, 0.15) is 44.9 Å². The van der Waals surface area contributed by atoms with Crippen molar-refractivity contribution in [3.05, 3.63) is 106 Å². The van der Waals surface area contributed by atoms with E-state index in [1.165, 1.54) is 20.4 Å². The largest absolute Gasteiger partial charge is 0.497 e. The van der Waals surface area contributed by atoms with Crippen molar-refractivity contribution in [2.45, 2.75) is 50.8 Å². The molecule has 51 heavy (non-hydrogen) atoms. The third-order valence-electron chi connectivity index (χ3n) is 8.06. The Bertz CT molecular complexity index is 2420. The number of nitrogens with zero attached hydrogens (tertiary/aromatic N) is 3. The first kappa shape index (κ1) is 35.4. The summed E-state index contributed by atoms with van der Waals surface area (Å²) in [4.78, 5) is 29.6. The molecule has 0 radical (unpaired) electrons. The highest BCUT2D eigenvalue weighted by atomic mass is 32.2. The molecule has 1 amide bonds. The van der Waals surface area contributed by atoms with Gasteiger partial charge in [0, 0.05) is 35.0 Å². The number of rotatable bonds is 10. The third-order valence-corrected chi connectivity index (χ3v) is 10.7.